The molecule has 0 saturated carbocycles. The number of hydrogen-bond donors (Lipinski definition) is 1. The summed E-state index contributed by atoms with van der Waals surface area (Å²) in [6, 6.07) is 0. The molecule has 0 aliphatic heterocycles. The van der Waals surface area contributed by atoms with E-state index < -0.39 is 11.9 Å². The lowest BCUT2D eigenvalue weighted by Gasteiger charge is -2.03. The number of hydrogen-bond acceptors (Lipinski definition) is 3. The summed E-state index contributed by atoms with van der Waals surface area (Å²) in [5, 5.41) is 4.12. The summed E-state index contributed by atoms with van der Waals surface area (Å²) in [6.07, 6.45) is -4.59. The van der Waals surface area contributed by atoms with Crippen LogP contribution in [-0.4, -0.2) is 20.2 Å². The molecule has 0 radical (unpaired) electrons. The number of halogens is 5. The third-order valence-corrected chi connectivity index (χ3v) is 2.07. The maximum atomic E-state index is 12.4. The van der Waals surface area contributed by atoms with Gasteiger partial charge in [0.15, 0.2) is 11.3 Å². The van der Waals surface area contributed by atoms with Crippen LogP contribution in [0.4, 0.5) is 13.2 Å². The Bertz CT molecular complexity index is 521. The average Bonchev–Trinajstić information content (AvgIpc) is 2.45. The van der Waals surface area contributed by atoms with Crippen LogP contribution in [0.5, 0.6) is 0 Å². The molecular weight excluding hydrogens is 256 g/mol. The van der Waals surface area contributed by atoms with Crippen molar-refractivity contribution in [1.29, 1.82) is 0 Å². The van der Waals surface area contributed by atoms with E-state index in [1.807, 2.05) is 0 Å². The van der Waals surface area contributed by atoms with Crippen molar-refractivity contribution < 1.29 is 13.2 Å². The van der Waals surface area contributed by atoms with Crippen molar-refractivity contribution in [2.45, 2.75) is 6.18 Å². The van der Waals surface area contributed by atoms with Crippen molar-refractivity contribution in [1.82, 2.24) is 20.2 Å². The number of nitrogens with zero attached hydrogens (tertiary/aromatic N) is 3. The Morgan fingerprint density at radius 1 is 1.13 bits per heavy atom. The highest BCUT2D eigenvalue weighted by Gasteiger charge is 2.36. The molecule has 2 aromatic rings. The summed E-state index contributed by atoms with van der Waals surface area (Å²) in [5.41, 5.74) is -1.30. The maximum absolute atomic E-state index is 12.4. The van der Waals surface area contributed by atoms with Crippen LogP contribution >= 0.6 is 23.2 Å². The van der Waals surface area contributed by atoms with Crippen LogP contribution in [0, 0.1) is 0 Å². The van der Waals surface area contributed by atoms with Gasteiger partial charge < -0.3 is 0 Å². The molecule has 0 bridgehead atoms. The van der Waals surface area contributed by atoms with Crippen LogP contribution in [0.15, 0.2) is 0 Å². The second kappa shape index (κ2) is 3.21. The van der Waals surface area contributed by atoms with Gasteiger partial charge in [-0.1, -0.05) is 11.6 Å². The molecule has 2 rings (SSSR count). The van der Waals surface area contributed by atoms with Gasteiger partial charge in [-0.05, 0) is 11.6 Å². The minimum absolute atomic E-state index is 0.215. The first kappa shape index (κ1) is 10.4. The first-order valence-corrected chi connectivity index (χ1v) is 4.29. The largest absolute Gasteiger partial charge is 0.433 e. The van der Waals surface area contributed by atoms with E-state index in [9.17, 15) is 13.2 Å². The molecule has 0 aliphatic rings. The smallest absolute Gasteiger partial charge is 0.271 e. The first-order valence-electron chi connectivity index (χ1n) is 3.54. The van der Waals surface area contributed by atoms with Crippen LogP contribution in [0.1, 0.15) is 5.69 Å². The lowest BCUT2D eigenvalue weighted by Crippen LogP contribution is -2.06. The van der Waals surface area contributed by atoms with Gasteiger partial charge in [-0.2, -0.15) is 23.3 Å². The summed E-state index contributed by atoms with van der Waals surface area (Å²) in [4.78, 5) is 6.91. The number of fused-ring (bicyclic) bond motifs is 1. The van der Waals surface area contributed by atoms with Gasteiger partial charge in [0.1, 0.15) is 5.15 Å². The van der Waals surface area contributed by atoms with E-state index in [1.54, 1.807) is 5.10 Å². The summed E-state index contributed by atoms with van der Waals surface area (Å²) >= 11 is 10.9. The molecule has 0 spiro atoms. The summed E-state index contributed by atoms with van der Waals surface area (Å²) in [6.45, 7) is 0. The molecule has 0 atom stereocenters. The lowest BCUT2D eigenvalue weighted by atomic mass is 10.3. The Balaban J connectivity index is 2.81. The van der Waals surface area contributed by atoms with E-state index >= 15 is 0 Å². The molecule has 0 aromatic carbocycles. The maximum Gasteiger partial charge on any atom is 0.433 e. The second-order valence-corrected chi connectivity index (χ2v) is 3.27. The number of aromatic nitrogens is 4. The number of alkyl halides is 3. The summed E-state index contributed by atoms with van der Waals surface area (Å²) < 4.78 is 37.2. The van der Waals surface area contributed by atoms with Crippen molar-refractivity contribution in [3.63, 3.8) is 0 Å². The van der Waals surface area contributed by atoms with Gasteiger partial charge >= 0.3 is 6.18 Å². The molecule has 0 fully saturated rings. The van der Waals surface area contributed by atoms with E-state index in [-0.39, 0.29) is 21.5 Å². The minimum atomic E-state index is -4.59. The van der Waals surface area contributed by atoms with E-state index in [2.05, 4.69) is 15.1 Å². The second-order valence-electron chi connectivity index (χ2n) is 2.58. The van der Waals surface area contributed by atoms with E-state index in [0.717, 1.165) is 0 Å². The zero-order valence-electron chi connectivity index (χ0n) is 6.73. The molecule has 9 heteroatoms. The third kappa shape index (κ3) is 1.72. The third-order valence-electron chi connectivity index (χ3n) is 1.63. The molecular formula is C6HCl2F3N4. The molecule has 0 saturated heterocycles. The molecule has 15 heavy (non-hydrogen) atoms. The van der Waals surface area contributed by atoms with E-state index in [1.165, 1.54) is 0 Å². The summed E-state index contributed by atoms with van der Waals surface area (Å²) in [7, 11) is 0. The lowest BCUT2D eigenvalue weighted by molar-refractivity contribution is -0.139. The van der Waals surface area contributed by atoms with Gasteiger partial charge in [-0.25, -0.2) is 4.98 Å². The highest BCUT2D eigenvalue weighted by Crippen LogP contribution is 2.35. The zero-order chi connectivity index (χ0) is 11.2. The van der Waals surface area contributed by atoms with Gasteiger partial charge in [0.2, 0.25) is 5.28 Å². The zero-order valence-corrected chi connectivity index (χ0v) is 8.24. The predicted octanol–water partition coefficient (Wildman–Crippen LogP) is 2.68. The van der Waals surface area contributed by atoms with Crippen LogP contribution in [0.3, 0.4) is 0 Å². The van der Waals surface area contributed by atoms with Crippen LogP contribution in [0.25, 0.3) is 11.0 Å². The number of nitrogens with one attached hydrogen (secondary N) is 1. The molecule has 0 unspecified atom stereocenters. The first-order chi connectivity index (χ1) is 6.89. The van der Waals surface area contributed by atoms with Crippen molar-refractivity contribution in [3.05, 3.63) is 16.1 Å². The Hall–Kier alpha value is -1.08. The Kier molecular flexibility index (Phi) is 2.23. The van der Waals surface area contributed by atoms with Gasteiger partial charge in [-0.15, -0.1) is 0 Å². The van der Waals surface area contributed by atoms with Crippen LogP contribution in [-0.2, 0) is 6.18 Å². The Morgan fingerprint density at radius 2 is 1.80 bits per heavy atom. The topological polar surface area (TPSA) is 54.5 Å². The molecule has 2 aromatic heterocycles. The van der Waals surface area contributed by atoms with Crippen molar-refractivity contribution in [2.75, 3.05) is 0 Å². The normalized spacial score (nSPS) is 12.3. The molecule has 1 N–H and O–H groups in total. The van der Waals surface area contributed by atoms with Crippen LogP contribution < -0.4 is 0 Å². The quantitative estimate of drug-likeness (QED) is 0.583. The fourth-order valence-corrected chi connectivity index (χ4v) is 1.53. The Labute approximate surface area is 90.4 Å². The van der Waals surface area contributed by atoms with Crippen molar-refractivity contribution in [3.8, 4) is 0 Å². The standard InChI is InChI=1S/C6HCl2F3N4/c7-3-1-2(6(9,10)11)14-15-4(1)13-5(8)12-3/h(H,12,13,14,15). The number of H-pyrrole nitrogens is 1. The van der Waals surface area contributed by atoms with Gasteiger partial charge in [0.25, 0.3) is 0 Å². The average molecular weight is 257 g/mol. The monoisotopic (exact) mass is 256 g/mol. The molecule has 0 amide bonds. The molecule has 4 nitrogen and oxygen atoms in total. The predicted molar refractivity (Wildman–Crippen MR) is 46.7 cm³/mol. The Morgan fingerprint density at radius 3 is 2.40 bits per heavy atom. The number of rotatable bonds is 0. The fourth-order valence-electron chi connectivity index (χ4n) is 1.06. The molecule has 0 aliphatic carbocycles. The van der Waals surface area contributed by atoms with E-state index in [0.29, 0.717) is 0 Å². The highest BCUT2D eigenvalue weighted by atomic mass is 35.5. The van der Waals surface area contributed by atoms with Gasteiger partial charge in [0.05, 0.1) is 5.39 Å². The SMILES string of the molecule is FC(F)(F)c1[nH]nc2nc(Cl)nc(Cl)c12. The summed E-state index contributed by atoms with van der Waals surface area (Å²) in [5.74, 6) is 0. The van der Waals surface area contributed by atoms with Gasteiger partial charge in [-0.3, -0.25) is 5.10 Å². The number of aromatic amines is 1. The molecule has 2 heterocycles. The van der Waals surface area contributed by atoms with Crippen molar-refractivity contribution in [2.24, 2.45) is 0 Å². The van der Waals surface area contributed by atoms with Crippen LogP contribution in [0.2, 0.25) is 10.4 Å². The minimum Gasteiger partial charge on any atom is -0.271 e. The van der Waals surface area contributed by atoms with Gasteiger partial charge in [0, 0.05) is 0 Å². The fraction of sp³-hybridized carbons (Fsp3) is 0.167. The van der Waals surface area contributed by atoms with E-state index in [4.69, 9.17) is 23.2 Å². The highest BCUT2D eigenvalue weighted by molar-refractivity contribution is 6.35. The van der Waals surface area contributed by atoms with Crippen molar-refractivity contribution >= 4 is 34.2 Å². The molecule has 80 valence electrons.